The molecule has 0 radical (unpaired) electrons. The van der Waals surface area contributed by atoms with E-state index in [1.165, 1.54) is 11.6 Å². The van der Waals surface area contributed by atoms with Gasteiger partial charge in [0.25, 0.3) is 0 Å². The van der Waals surface area contributed by atoms with Gasteiger partial charge in [-0.05, 0) is 63.7 Å². The zero-order chi connectivity index (χ0) is 14.7. The van der Waals surface area contributed by atoms with Crippen molar-refractivity contribution in [2.75, 3.05) is 0 Å². The topological polar surface area (TPSA) is 9.23 Å². The molecule has 0 N–H and O–H groups in total. The molecule has 2 rings (SSSR count). The monoisotopic (exact) mass is 336 g/mol. The highest BCUT2D eigenvalue weighted by atomic mass is 79.9. The van der Waals surface area contributed by atoms with E-state index in [0.717, 1.165) is 16.9 Å². The van der Waals surface area contributed by atoms with Crippen molar-refractivity contribution in [3.8, 4) is 5.75 Å². The van der Waals surface area contributed by atoms with E-state index in [1.807, 2.05) is 6.92 Å². The molecule has 0 aromatic heterocycles. The molecule has 0 saturated carbocycles. The molecule has 0 aliphatic carbocycles. The van der Waals surface area contributed by atoms with Gasteiger partial charge in [0, 0.05) is 0 Å². The molecule has 0 aliphatic heterocycles. The van der Waals surface area contributed by atoms with Crippen LogP contribution < -0.4 is 4.74 Å². The van der Waals surface area contributed by atoms with Gasteiger partial charge in [-0.3, -0.25) is 0 Å². The molecule has 0 atom stereocenters. The number of hydrogen-bond acceptors (Lipinski definition) is 1. The first kappa shape index (κ1) is 15.0. The largest absolute Gasteiger partial charge is 0.489 e. The number of rotatable bonds is 4. The average molecular weight is 337 g/mol. The first-order valence-corrected chi connectivity index (χ1v) is 7.44. The molecule has 0 unspecified atom stereocenters. The van der Waals surface area contributed by atoms with Crippen LogP contribution in [-0.4, -0.2) is 0 Å². The standard InChI is InChI=1S/C17H18BrFO/c1-11(2)14-6-4-12(3)17(9-14)20-10-13-5-7-16(19)15(18)8-13/h4-9,11H,10H2,1-3H3. The van der Waals surface area contributed by atoms with Crippen LogP contribution in [0.5, 0.6) is 5.75 Å². The van der Waals surface area contributed by atoms with E-state index in [4.69, 9.17) is 4.74 Å². The Hall–Kier alpha value is -1.35. The third-order valence-electron chi connectivity index (χ3n) is 3.26. The summed E-state index contributed by atoms with van der Waals surface area (Å²) in [6.07, 6.45) is 0. The second-order valence-electron chi connectivity index (χ2n) is 5.22. The van der Waals surface area contributed by atoms with Crippen LogP contribution in [0.15, 0.2) is 40.9 Å². The fraction of sp³-hybridized carbons (Fsp3) is 0.294. The molecule has 106 valence electrons. The SMILES string of the molecule is Cc1ccc(C(C)C)cc1OCc1ccc(F)c(Br)c1. The lowest BCUT2D eigenvalue weighted by molar-refractivity contribution is 0.303. The number of ether oxygens (including phenoxy) is 1. The summed E-state index contributed by atoms with van der Waals surface area (Å²) in [5, 5.41) is 0. The number of halogens is 2. The van der Waals surface area contributed by atoms with Crippen molar-refractivity contribution in [1.82, 2.24) is 0 Å². The van der Waals surface area contributed by atoms with Crippen LogP contribution >= 0.6 is 15.9 Å². The van der Waals surface area contributed by atoms with Crippen LogP contribution in [0.25, 0.3) is 0 Å². The van der Waals surface area contributed by atoms with Crippen molar-refractivity contribution >= 4 is 15.9 Å². The van der Waals surface area contributed by atoms with Crippen molar-refractivity contribution in [1.29, 1.82) is 0 Å². The van der Waals surface area contributed by atoms with Gasteiger partial charge in [0.2, 0.25) is 0 Å². The third-order valence-corrected chi connectivity index (χ3v) is 3.86. The molecular weight excluding hydrogens is 319 g/mol. The Morgan fingerprint density at radius 3 is 2.55 bits per heavy atom. The van der Waals surface area contributed by atoms with Crippen LogP contribution in [0.2, 0.25) is 0 Å². The van der Waals surface area contributed by atoms with Gasteiger partial charge < -0.3 is 4.74 Å². The normalized spacial score (nSPS) is 10.9. The maximum atomic E-state index is 13.2. The smallest absolute Gasteiger partial charge is 0.137 e. The Balaban J connectivity index is 2.13. The quantitative estimate of drug-likeness (QED) is 0.706. The molecular formula is C17H18BrFO. The number of benzene rings is 2. The molecule has 0 aliphatic rings. The van der Waals surface area contributed by atoms with Gasteiger partial charge in [-0.15, -0.1) is 0 Å². The Bertz CT molecular complexity index is 608. The van der Waals surface area contributed by atoms with Crippen molar-refractivity contribution in [3.63, 3.8) is 0 Å². The third kappa shape index (κ3) is 3.60. The molecule has 3 heteroatoms. The van der Waals surface area contributed by atoms with E-state index in [2.05, 4.69) is 48.0 Å². The first-order chi connectivity index (χ1) is 9.47. The Labute approximate surface area is 127 Å². The van der Waals surface area contributed by atoms with E-state index < -0.39 is 0 Å². The van der Waals surface area contributed by atoms with Gasteiger partial charge in [0.05, 0.1) is 4.47 Å². The molecule has 1 nitrogen and oxygen atoms in total. The lowest BCUT2D eigenvalue weighted by Crippen LogP contribution is -1.99. The Morgan fingerprint density at radius 2 is 1.90 bits per heavy atom. The second-order valence-corrected chi connectivity index (χ2v) is 6.07. The van der Waals surface area contributed by atoms with Crippen molar-refractivity contribution < 1.29 is 9.13 Å². The molecule has 2 aromatic carbocycles. The summed E-state index contributed by atoms with van der Waals surface area (Å²) in [4.78, 5) is 0. The van der Waals surface area contributed by atoms with Gasteiger partial charge in [-0.25, -0.2) is 4.39 Å². The number of hydrogen-bond donors (Lipinski definition) is 0. The fourth-order valence-corrected chi connectivity index (χ4v) is 2.35. The van der Waals surface area contributed by atoms with Crippen LogP contribution in [0.4, 0.5) is 4.39 Å². The summed E-state index contributed by atoms with van der Waals surface area (Å²) in [5.41, 5.74) is 3.30. The Morgan fingerprint density at radius 1 is 1.15 bits per heavy atom. The number of aryl methyl sites for hydroxylation is 1. The van der Waals surface area contributed by atoms with Crippen LogP contribution in [-0.2, 0) is 6.61 Å². The highest BCUT2D eigenvalue weighted by molar-refractivity contribution is 9.10. The van der Waals surface area contributed by atoms with Crippen LogP contribution in [0, 0.1) is 12.7 Å². The summed E-state index contributed by atoms with van der Waals surface area (Å²) in [5.74, 6) is 1.10. The molecule has 0 heterocycles. The van der Waals surface area contributed by atoms with E-state index in [-0.39, 0.29) is 5.82 Å². The molecule has 0 amide bonds. The van der Waals surface area contributed by atoms with E-state index in [1.54, 1.807) is 12.1 Å². The highest BCUT2D eigenvalue weighted by Gasteiger charge is 2.06. The minimum atomic E-state index is -0.258. The lowest BCUT2D eigenvalue weighted by atomic mass is 10.0. The summed E-state index contributed by atoms with van der Waals surface area (Å²) in [7, 11) is 0. The molecule has 0 bridgehead atoms. The van der Waals surface area contributed by atoms with Gasteiger partial charge in [-0.1, -0.05) is 32.0 Å². The molecule has 0 fully saturated rings. The summed E-state index contributed by atoms with van der Waals surface area (Å²) >= 11 is 3.19. The Kier molecular flexibility index (Phi) is 4.81. The maximum Gasteiger partial charge on any atom is 0.137 e. The van der Waals surface area contributed by atoms with Crippen molar-refractivity contribution in [2.24, 2.45) is 0 Å². The zero-order valence-corrected chi connectivity index (χ0v) is 13.5. The van der Waals surface area contributed by atoms with Crippen LogP contribution in [0.3, 0.4) is 0 Å². The van der Waals surface area contributed by atoms with Gasteiger partial charge in [0.15, 0.2) is 0 Å². The van der Waals surface area contributed by atoms with Gasteiger partial charge in [-0.2, -0.15) is 0 Å². The van der Waals surface area contributed by atoms with Crippen molar-refractivity contribution in [3.05, 3.63) is 63.4 Å². The van der Waals surface area contributed by atoms with Gasteiger partial charge in [0.1, 0.15) is 18.2 Å². The fourth-order valence-electron chi connectivity index (χ4n) is 1.92. The minimum absolute atomic E-state index is 0.258. The summed E-state index contributed by atoms with van der Waals surface area (Å²) in [6.45, 7) is 6.78. The second kappa shape index (κ2) is 6.40. The van der Waals surface area contributed by atoms with Gasteiger partial charge >= 0.3 is 0 Å². The predicted octanol–water partition coefficient (Wildman–Crippen LogP) is 5.60. The molecule has 2 aromatic rings. The molecule has 20 heavy (non-hydrogen) atoms. The minimum Gasteiger partial charge on any atom is -0.489 e. The first-order valence-electron chi connectivity index (χ1n) is 6.64. The van der Waals surface area contributed by atoms with Crippen molar-refractivity contribution in [2.45, 2.75) is 33.3 Å². The predicted molar refractivity (Wildman–Crippen MR) is 83.7 cm³/mol. The van der Waals surface area contributed by atoms with E-state index in [0.29, 0.717) is 17.0 Å². The zero-order valence-electron chi connectivity index (χ0n) is 11.9. The lowest BCUT2D eigenvalue weighted by Gasteiger charge is -2.13. The maximum absolute atomic E-state index is 13.2. The molecule has 0 saturated heterocycles. The molecule has 0 spiro atoms. The summed E-state index contributed by atoms with van der Waals surface area (Å²) < 4.78 is 19.5. The summed E-state index contributed by atoms with van der Waals surface area (Å²) in [6, 6.07) is 11.2. The average Bonchev–Trinajstić information content (AvgIpc) is 2.41. The van der Waals surface area contributed by atoms with Crippen LogP contribution in [0.1, 0.15) is 36.5 Å². The highest BCUT2D eigenvalue weighted by Crippen LogP contribution is 2.25. The van der Waals surface area contributed by atoms with E-state index in [9.17, 15) is 4.39 Å². The van der Waals surface area contributed by atoms with E-state index >= 15 is 0 Å².